The van der Waals surface area contributed by atoms with Crippen LogP contribution in [0, 0.1) is 0 Å². The first-order valence-electron chi connectivity index (χ1n) is 14.2. The molecule has 4 aromatic rings. The predicted octanol–water partition coefficient (Wildman–Crippen LogP) is 4.15. The minimum absolute atomic E-state index is 0.0260. The van der Waals surface area contributed by atoms with Crippen LogP contribution >= 0.6 is 11.8 Å². The van der Waals surface area contributed by atoms with E-state index in [1.54, 1.807) is 54.0 Å². The number of esters is 1. The standard InChI is InChI=1S/C32H35N5O9S/c1-7-46-31(40)19-8-10-21(11-9-19)34-28(38)18-47-32-36-35-27(37(32)23-16-22(41-2)12-13-24(23)42-3)17-33-30(39)20-14-25(43-4)29(45-6)26(15-20)44-5/h8-16H,7,17-18H2,1-6H3,(H,33,39)(H,34,38). The molecule has 2 amide bonds. The van der Waals surface area contributed by atoms with Crippen molar-refractivity contribution >= 4 is 35.2 Å². The van der Waals surface area contributed by atoms with Crippen molar-refractivity contribution in [3.8, 4) is 34.4 Å². The Kier molecular flexibility index (Phi) is 11.9. The van der Waals surface area contributed by atoms with Gasteiger partial charge in [-0.25, -0.2) is 4.79 Å². The molecule has 3 aromatic carbocycles. The normalized spacial score (nSPS) is 10.5. The third-order valence-electron chi connectivity index (χ3n) is 6.67. The van der Waals surface area contributed by atoms with Gasteiger partial charge in [0.1, 0.15) is 11.5 Å². The fraction of sp³-hybridized carbons (Fsp3) is 0.281. The molecule has 0 unspecified atom stereocenters. The van der Waals surface area contributed by atoms with Crippen molar-refractivity contribution in [3.63, 3.8) is 0 Å². The van der Waals surface area contributed by atoms with Crippen molar-refractivity contribution in [1.82, 2.24) is 20.1 Å². The van der Waals surface area contributed by atoms with E-state index < -0.39 is 11.9 Å². The lowest BCUT2D eigenvalue weighted by Gasteiger charge is -2.16. The maximum Gasteiger partial charge on any atom is 0.338 e. The summed E-state index contributed by atoms with van der Waals surface area (Å²) in [5.41, 5.74) is 1.69. The van der Waals surface area contributed by atoms with Gasteiger partial charge in [-0.05, 0) is 55.5 Å². The minimum Gasteiger partial charge on any atom is -0.497 e. The van der Waals surface area contributed by atoms with Crippen LogP contribution in [-0.2, 0) is 16.1 Å². The minimum atomic E-state index is -0.441. The molecule has 14 nitrogen and oxygen atoms in total. The second-order valence-electron chi connectivity index (χ2n) is 9.50. The first-order valence-corrected chi connectivity index (χ1v) is 15.2. The summed E-state index contributed by atoms with van der Waals surface area (Å²) >= 11 is 1.13. The molecule has 248 valence electrons. The fourth-order valence-corrected chi connectivity index (χ4v) is 5.19. The summed E-state index contributed by atoms with van der Waals surface area (Å²) in [5.74, 6) is 1.18. The predicted molar refractivity (Wildman–Crippen MR) is 173 cm³/mol. The number of aromatic nitrogens is 3. The number of hydrogen-bond acceptors (Lipinski definition) is 12. The maximum atomic E-state index is 13.3. The Bertz CT molecular complexity index is 1700. The molecule has 0 fully saturated rings. The first-order chi connectivity index (χ1) is 22.8. The van der Waals surface area contributed by atoms with Crippen LogP contribution < -0.4 is 34.3 Å². The zero-order valence-corrected chi connectivity index (χ0v) is 27.6. The van der Waals surface area contributed by atoms with E-state index in [-0.39, 0.29) is 30.4 Å². The Morgan fingerprint density at radius 2 is 1.47 bits per heavy atom. The molecule has 0 spiro atoms. The molecule has 0 aliphatic heterocycles. The van der Waals surface area contributed by atoms with Gasteiger partial charge in [0.05, 0.1) is 65.7 Å². The molecule has 1 heterocycles. The van der Waals surface area contributed by atoms with E-state index in [9.17, 15) is 14.4 Å². The van der Waals surface area contributed by atoms with Gasteiger partial charge in [0.15, 0.2) is 22.5 Å². The topological polar surface area (TPSA) is 161 Å². The summed E-state index contributed by atoms with van der Waals surface area (Å²) in [6, 6.07) is 14.7. The van der Waals surface area contributed by atoms with E-state index >= 15 is 0 Å². The van der Waals surface area contributed by atoms with E-state index in [0.717, 1.165) is 11.8 Å². The zero-order chi connectivity index (χ0) is 33.9. The van der Waals surface area contributed by atoms with Gasteiger partial charge in [-0.2, -0.15) is 0 Å². The Morgan fingerprint density at radius 3 is 2.06 bits per heavy atom. The van der Waals surface area contributed by atoms with Crippen LogP contribution in [0.15, 0.2) is 59.8 Å². The van der Waals surface area contributed by atoms with Crippen LogP contribution in [0.2, 0.25) is 0 Å². The van der Waals surface area contributed by atoms with Crippen LogP contribution in [0.3, 0.4) is 0 Å². The number of benzene rings is 3. The number of carbonyl (C=O) groups is 3. The van der Waals surface area contributed by atoms with Crippen LogP contribution in [0.1, 0.15) is 33.5 Å². The molecule has 47 heavy (non-hydrogen) atoms. The summed E-state index contributed by atoms with van der Waals surface area (Å²) in [5, 5.41) is 14.7. The molecular weight excluding hydrogens is 630 g/mol. The van der Waals surface area contributed by atoms with Gasteiger partial charge in [-0.1, -0.05) is 11.8 Å². The number of methoxy groups -OCH3 is 5. The van der Waals surface area contributed by atoms with Gasteiger partial charge in [-0.15, -0.1) is 10.2 Å². The quantitative estimate of drug-likeness (QED) is 0.138. The van der Waals surface area contributed by atoms with Crippen LogP contribution in [-0.4, -0.2) is 80.5 Å². The van der Waals surface area contributed by atoms with E-state index in [1.807, 2.05) is 0 Å². The second-order valence-corrected chi connectivity index (χ2v) is 10.4. The Balaban J connectivity index is 1.57. The van der Waals surface area contributed by atoms with Crippen LogP contribution in [0.4, 0.5) is 5.69 Å². The van der Waals surface area contributed by atoms with Gasteiger partial charge in [0, 0.05) is 17.3 Å². The summed E-state index contributed by atoms with van der Waals surface area (Å²) in [6.07, 6.45) is 0. The Labute approximate surface area is 275 Å². The van der Waals surface area contributed by atoms with Crippen molar-refractivity contribution in [1.29, 1.82) is 0 Å². The number of hydrogen-bond donors (Lipinski definition) is 2. The average molecular weight is 666 g/mol. The van der Waals surface area contributed by atoms with Crippen molar-refractivity contribution in [2.45, 2.75) is 18.6 Å². The molecule has 0 radical (unpaired) electrons. The van der Waals surface area contributed by atoms with Gasteiger partial charge in [-0.3, -0.25) is 14.2 Å². The van der Waals surface area contributed by atoms with Crippen LogP contribution in [0.5, 0.6) is 28.7 Å². The molecule has 0 saturated carbocycles. The van der Waals surface area contributed by atoms with Crippen molar-refractivity contribution in [2.24, 2.45) is 0 Å². The zero-order valence-electron chi connectivity index (χ0n) is 26.7. The van der Waals surface area contributed by atoms with Gasteiger partial charge in [0.25, 0.3) is 5.91 Å². The first kappa shape index (κ1) is 34.4. The van der Waals surface area contributed by atoms with Crippen molar-refractivity contribution < 1.29 is 42.8 Å². The lowest BCUT2D eigenvalue weighted by Crippen LogP contribution is -2.25. The molecule has 0 aliphatic rings. The van der Waals surface area contributed by atoms with E-state index in [2.05, 4.69) is 20.8 Å². The average Bonchev–Trinajstić information content (AvgIpc) is 3.51. The molecule has 0 saturated heterocycles. The number of carbonyl (C=O) groups excluding carboxylic acids is 3. The number of anilines is 1. The summed E-state index contributed by atoms with van der Waals surface area (Å²) in [7, 11) is 7.46. The molecule has 0 atom stereocenters. The third kappa shape index (κ3) is 8.24. The highest BCUT2D eigenvalue weighted by molar-refractivity contribution is 7.99. The number of ether oxygens (including phenoxy) is 6. The highest BCUT2D eigenvalue weighted by atomic mass is 32.2. The number of nitrogens with one attached hydrogen (secondary N) is 2. The molecule has 0 bridgehead atoms. The molecular formula is C32H35N5O9S. The fourth-order valence-electron chi connectivity index (χ4n) is 4.43. The van der Waals surface area contributed by atoms with E-state index in [0.29, 0.717) is 56.7 Å². The van der Waals surface area contributed by atoms with Crippen molar-refractivity contribution in [3.05, 3.63) is 71.5 Å². The summed E-state index contributed by atoms with van der Waals surface area (Å²) in [4.78, 5) is 38.1. The molecule has 0 aliphatic carbocycles. The second kappa shape index (κ2) is 16.2. The monoisotopic (exact) mass is 665 g/mol. The smallest absolute Gasteiger partial charge is 0.338 e. The Morgan fingerprint density at radius 1 is 0.787 bits per heavy atom. The number of rotatable bonds is 15. The Hall–Kier alpha value is -5.44. The summed E-state index contributed by atoms with van der Waals surface area (Å²) in [6.45, 7) is 1.95. The third-order valence-corrected chi connectivity index (χ3v) is 7.60. The van der Waals surface area contributed by atoms with E-state index in [4.69, 9.17) is 28.4 Å². The SMILES string of the molecule is CCOC(=O)c1ccc(NC(=O)CSc2nnc(CNC(=O)c3cc(OC)c(OC)c(OC)c3)n2-c2cc(OC)ccc2OC)cc1. The maximum absolute atomic E-state index is 13.3. The highest BCUT2D eigenvalue weighted by Gasteiger charge is 2.22. The number of nitrogens with zero attached hydrogens (tertiary/aromatic N) is 3. The number of amides is 2. The molecule has 4 rings (SSSR count). The van der Waals surface area contributed by atoms with Crippen LogP contribution in [0.25, 0.3) is 5.69 Å². The lowest BCUT2D eigenvalue weighted by molar-refractivity contribution is -0.113. The molecule has 15 heteroatoms. The summed E-state index contributed by atoms with van der Waals surface area (Å²) < 4.78 is 33.8. The largest absolute Gasteiger partial charge is 0.497 e. The molecule has 1 aromatic heterocycles. The van der Waals surface area contributed by atoms with Gasteiger partial charge >= 0.3 is 5.97 Å². The van der Waals surface area contributed by atoms with Crippen molar-refractivity contribution in [2.75, 3.05) is 53.2 Å². The highest BCUT2D eigenvalue weighted by Crippen LogP contribution is 2.38. The van der Waals surface area contributed by atoms with E-state index in [1.165, 1.54) is 47.7 Å². The van der Waals surface area contributed by atoms with Gasteiger partial charge < -0.3 is 39.1 Å². The molecule has 2 N–H and O–H groups in total. The lowest BCUT2D eigenvalue weighted by atomic mass is 10.1. The van der Waals surface area contributed by atoms with Gasteiger partial charge in [0.2, 0.25) is 11.7 Å². The number of thioether (sulfide) groups is 1.